The van der Waals surface area contributed by atoms with Crippen LogP contribution < -0.4 is 16.2 Å². The molecule has 21 heavy (non-hydrogen) atoms. The highest BCUT2D eigenvalue weighted by Crippen LogP contribution is 2.11. The van der Waals surface area contributed by atoms with Gasteiger partial charge in [-0.15, -0.1) is 0 Å². The molecule has 1 amide bonds. The number of rotatable bonds is 5. The highest BCUT2D eigenvalue weighted by atomic mass is 16.3. The van der Waals surface area contributed by atoms with E-state index in [4.69, 9.17) is 10.4 Å². The lowest BCUT2D eigenvalue weighted by Gasteiger charge is -2.09. The summed E-state index contributed by atoms with van der Waals surface area (Å²) in [7, 11) is 0. The Kier molecular flexibility index (Phi) is 4.53. The number of aliphatic hydroxyl groups is 1. The van der Waals surface area contributed by atoms with Crippen LogP contribution in [0.25, 0.3) is 5.52 Å². The van der Waals surface area contributed by atoms with Crippen LogP contribution in [0.15, 0.2) is 35.3 Å². The number of aromatic nitrogens is 1. The Morgan fingerprint density at radius 3 is 2.95 bits per heavy atom. The van der Waals surface area contributed by atoms with Crippen LogP contribution in [0.4, 0.5) is 5.69 Å². The van der Waals surface area contributed by atoms with Crippen molar-refractivity contribution < 1.29 is 9.90 Å². The average molecular weight is 286 g/mol. The third kappa shape index (κ3) is 3.19. The molecule has 0 fully saturated rings. The molecular weight excluding hydrogens is 272 g/mol. The van der Waals surface area contributed by atoms with E-state index in [0.717, 1.165) is 0 Å². The van der Waals surface area contributed by atoms with Crippen molar-refractivity contribution in [3.8, 4) is 6.07 Å². The first-order valence-electron chi connectivity index (χ1n) is 6.33. The first kappa shape index (κ1) is 14.6. The number of nitriles is 1. The van der Waals surface area contributed by atoms with Gasteiger partial charge >= 0.3 is 0 Å². The van der Waals surface area contributed by atoms with Gasteiger partial charge < -0.3 is 15.7 Å². The molecule has 7 heteroatoms. The van der Waals surface area contributed by atoms with Crippen molar-refractivity contribution in [1.29, 1.82) is 5.26 Å². The maximum absolute atomic E-state index is 12.2. The van der Waals surface area contributed by atoms with E-state index < -0.39 is 0 Å². The van der Waals surface area contributed by atoms with Crippen LogP contribution in [-0.4, -0.2) is 35.1 Å². The molecule has 108 valence electrons. The summed E-state index contributed by atoms with van der Waals surface area (Å²) in [4.78, 5) is 23.7. The van der Waals surface area contributed by atoms with Gasteiger partial charge in [0.15, 0.2) is 0 Å². The number of anilines is 1. The Balaban J connectivity index is 2.29. The smallest absolute Gasteiger partial charge is 0.278 e. The first-order chi connectivity index (χ1) is 10.2. The lowest BCUT2D eigenvalue weighted by molar-refractivity contribution is -0.119. The summed E-state index contributed by atoms with van der Waals surface area (Å²) < 4.78 is 1.35. The topological polar surface area (TPSA) is 107 Å². The lowest BCUT2D eigenvalue weighted by atomic mass is 10.2. The van der Waals surface area contributed by atoms with E-state index in [1.807, 2.05) is 6.07 Å². The highest BCUT2D eigenvalue weighted by molar-refractivity contribution is 5.81. The molecule has 2 aromatic heterocycles. The molecule has 2 rings (SSSR count). The maximum atomic E-state index is 12.2. The molecule has 0 unspecified atom stereocenters. The second-order valence-corrected chi connectivity index (χ2v) is 4.27. The molecule has 0 aliphatic carbocycles. The number of carbonyl (C=O) groups excluding carboxylic acids is 1. The molecule has 0 spiro atoms. The molecule has 0 bridgehead atoms. The van der Waals surface area contributed by atoms with Gasteiger partial charge in [0.2, 0.25) is 5.91 Å². The minimum absolute atomic E-state index is 0.112. The minimum atomic E-state index is -0.347. The van der Waals surface area contributed by atoms with E-state index in [1.165, 1.54) is 10.5 Å². The zero-order valence-electron chi connectivity index (χ0n) is 11.2. The van der Waals surface area contributed by atoms with Crippen LogP contribution >= 0.6 is 0 Å². The summed E-state index contributed by atoms with van der Waals surface area (Å²) in [6, 6.07) is 8.56. The van der Waals surface area contributed by atoms with E-state index in [9.17, 15) is 9.59 Å². The van der Waals surface area contributed by atoms with Gasteiger partial charge in [-0.25, -0.2) is 0 Å². The highest BCUT2D eigenvalue weighted by Gasteiger charge is 2.09. The molecule has 7 nitrogen and oxygen atoms in total. The molecule has 0 atom stereocenters. The zero-order valence-corrected chi connectivity index (χ0v) is 11.2. The second kappa shape index (κ2) is 6.54. The van der Waals surface area contributed by atoms with Crippen LogP contribution in [0.5, 0.6) is 0 Å². The van der Waals surface area contributed by atoms with Gasteiger partial charge in [0.1, 0.15) is 11.8 Å². The van der Waals surface area contributed by atoms with Crippen LogP contribution in [-0.2, 0) is 4.79 Å². The van der Waals surface area contributed by atoms with Gasteiger partial charge in [-0.05, 0) is 18.2 Å². The number of carbonyl (C=O) groups is 1. The molecule has 0 saturated heterocycles. The predicted molar refractivity (Wildman–Crippen MR) is 77.0 cm³/mol. The summed E-state index contributed by atoms with van der Waals surface area (Å²) >= 11 is 0. The zero-order chi connectivity index (χ0) is 15.2. The SMILES string of the molecule is N#Cc1cc(NCC(=O)NCCO)c(=O)n2ccccc12. The number of hydrogen-bond donors (Lipinski definition) is 3. The fraction of sp³-hybridized carbons (Fsp3) is 0.214. The Hall–Kier alpha value is -2.85. The van der Waals surface area contributed by atoms with Crippen molar-refractivity contribution in [2.45, 2.75) is 0 Å². The summed E-state index contributed by atoms with van der Waals surface area (Å²) in [5.41, 5.74) is 0.697. The molecule has 2 heterocycles. The molecule has 0 aliphatic heterocycles. The fourth-order valence-electron chi connectivity index (χ4n) is 1.90. The van der Waals surface area contributed by atoms with E-state index in [2.05, 4.69) is 10.6 Å². The normalized spacial score (nSPS) is 10.1. The van der Waals surface area contributed by atoms with Crippen LogP contribution in [0.3, 0.4) is 0 Å². The Bertz CT molecular complexity index is 761. The average Bonchev–Trinajstić information content (AvgIpc) is 2.52. The van der Waals surface area contributed by atoms with Crippen molar-refractivity contribution in [3.63, 3.8) is 0 Å². The van der Waals surface area contributed by atoms with Gasteiger partial charge in [0.25, 0.3) is 5.56 Å². The fourth-order valence-corrected chi connectivity index (χ4v) is 1.90. The van der Waals surface area contributed by atoms with E-state index in [0.29, 0.717) is 11.1 Å². The summed E-state index contributed by atoms with van der Waals surface area (Å²) in [5, 5.41) is 22.9. The predicted octanol–water partition coefficient (Wildman–Crippen LogP) is -0.308. The molecule has 0 aliphatic rings. The molecule has 0 aromatic carbocycles. The van der Waals surface area contributed by atoms with Crippen LogP contribution in [0.1, 0.15) is 5.56 Å². The lowest BCUT2D eigenvalue weighted by Crippen LogP contribution is -2.33. The molecule has 0 radical (unpaired) electrons. The van der Waals surface area contributed by atoms with E-state index in [-0.39, 0.29) is 36.9 Å². The van der Waals surface area contributed by atoms with Gasteiger partial charge in [-0.2, -0.15) is 5.26 Å². The monoisotopic (exact) mass is 286 g/mol. The van der Waals surface area contributed by atoms with E-state index >= 15 is 0 Å². The number of nitrogens with zero attached hydrogens (tertiary/aromatic N) is 2. The number of fused-ring (bicyclic) bond motifs is 1. The van der Waals surface area contributed by atoms with Gasteiger partial charge in [0.05, 0.1) is 24.2 Å². The molecular formula is C14H14N4O3. The van der Waals surface area contributed by atoms with Crippen molar-refractivity contribution in [2.24, 2.45) is 0 Å². The quantitative estimate of drug-likeness (QED) is 0.699. The van der Waals surface area contributed by atoms with Gasteiger partial charge in [-0.3, -0.25) is 14.0 Å². The Labute approximate surface area is 120 Å². The number of nitrogens with one attached hydrogen (secondary N) is 2. The molecule has 0 saturated carbocycles. The number of aliphatic hydroxyl groups excluding tert-OH is 1. The van der Waals surface area contributed by atoms with Gasteiger partial charge in [-0.1, -0.05) is 6.07 Å². The summed E-state index contributed by atoms with van der Waals surface area (Å²) in [6.45, 7) is -0.109. The third-order valence-electron chi connectivity index (χ3n) is 2.87. The third-order valence-corrected chi connectivity index (χ3v) is 2.87. The maximum Gasteiger partial charge on any atom is 0.278 e. The van der Waals surface area contributed by atoms with Crippen molar-refractivity contribution in [2.75, 3.05) is 25.0 Å². The van der Waals surface area contributed by atoms with Gasteiger partial charge in [0, 0.05) is 12.7 Å². The van der Waals surface area contributed by atoms with Crippen LogP contribution in [0.2, 0.25) is 0 Å². The molecule has 3 N–H and O–H groups in total. The number of hydrogen-bond acceptors (Lipinski definition) is 5. The van der Waals surface area contributed by atoms with Crippen molar-refractivity contribution >= 4 is 17.1 Å². The second-order valence-electron chi connectivity index (χ2n) is 4.27. The first-order valence-corrected chi connectivity index (χ1v) is 6.33. The van der Waals surface area contributed by atoms with Crippen molar-refractivity contribution in [1.82, 2.24) is 9.72 Å². The standard InChI is InChI=1S/C14H14N4O3/c15-8-10-7-11(17-9-13(20)16-4-6-19)14(21)18-5-2-1-3-12(10)18/h1-3,5,7,17,19H,4,6,9H2,(H,16,20). The Morgan fingerprint density at radius 2 is 2.24 bits per heavy atom. The largest absolute Gasteiger partial charge is 0.395 e. The minimum Gasteiger partial charge on any atom is -0.395 e. The molecule has 2 aromatic rings. The summed E-state index contributed by atoms with van der Waals surface area (Å²) in [5.74, 6) is -0.347. The number of pyridine rings is 2. The van der Waals surface area contributed by atoms with E-state index in [1.54, 1.807) is 24.4 Å². The van der Waals surface area contributed by atoms with Crippen molar-refractivity contribution in [3.05, 3.63) is 46.4 Å². The van der Waals surface area contributed by atoms with Crippen LogP contribution in [0, 0.1) is 11.3 Å². The summed E-state index contributed by atoms with van der Waals surface area (Å²) in [6.07, 6.45) is 1.56. The number of amides is 1. The Morgan fingerprint density at radius 1 is 1.43 bits per heavy atom.